The van der Waals surface area contributed by atoms with Gasteiger partial charge in [0.1, 0.15) is 24.0 Å². The Morgan fingerprint density at radius 2 is 2.04 bits per heavy atom. The molecule has 0 aliphatic rings. The van der Waals surface area contributed by atoms with Crippen molar-refractivity contribution in [3.63, 3.8) is 0 Å². The second-order valence-corrected chi connectivity index (χ2v) is 6.33. The van der Waals surface area contributed by atoms with Crippen LogP contribution in [-0.2, 0) is 16.0 Å². The average molecular weight is 333 g/mol. The van der Waals surface area contributed by atoms with Gasteiger partial charge in [-0.05, 0) is 44.9 Å². The molecule has 0 bridgehead atoms. The van der Waals surface area contributed by atoms with Gasteiger partial charge in [-0.15, -0.1) is 6.42 Å². The lowest BCUT2D eigenvalue weighted by Gasteiger charge is -2.22. The number of carbonyl (C=O) groups is 2. The summed E-state index contributed by atoms with van der Waals surface area (Å²) >= 11 is 0. The van der Waals surface area contributed by atoms with E-state index < -0.39 is 23.7 Å². The number of alkyl carbamates (subject to hydrolysis) is 1. The van der Waals surface area contributed by atoms with Crippen molar-refractivity contribution in [1.29, 1.82) is 0 Å². The Hall–Kier alpha value is -2.68. The van der Waals surface area contributed by atoms with E-state index in [9.17, 15) is 14.7 Å². The first-order valence-electron chi connectivity index (χ1n) is 7.50. The van der Waals surface area contributed by atoms with E-state index in [1.165, 1.54) is 0 Å². The van der Waals surface area contributed by atoms with E-state index in [0.29, 0.717) is 5.75 Å². The minimum absolute atomic E-state index is 0.130. The summed E-state index contributed by atoms with van der Waals surface area (Å²) in [6.45, 7) is 7.13. The Kier molecular flexibility index (Phi) is 6.66. The average Bonchev–Trinajstić information content (AvgIpc) is 2.43. The van der Waals surface area contributed by atoms with Crippen LogP contribution in [0.4, 0.5) is 4.79 Å². The number of carboxylic acid groups (broad SMARTS) is 1. The van der Waals surface area contributed by atoms with Crippen LogP contribution in [0.1, 0.15) is 31.9 Å². The van der Waals surface area contributed by atoms with Crippen molar-refractivity contribution in [3.05, 3.63) is 29.3 Å². The van der Waals surface area contributed by atoms with Gasteiger partial charge >= 0.3 is 12.1 Å². The molecular formula is C18H23NO5. The first-order valence-corrected chi connectivity index (χ1v) is 7.50. The van der Waals surface area contributed by atoms with Gasteiger partial charge in [0, 0.05) is 6.42 Å². The van der Waals surface area contributed by atoms with Crippen LogP contribution in [0.5, 0.6) is 5.75 Å². The molecule has 6 nitrogen and oxygen atoms in total. The summed E-state index contributed by atoms with van der Waals surface area (Å²) in [4.78, 5) is 23.1. The Morgan fingerprint density at radius 3 is 2.54 bits per heavy atom. The van der Waals surface area contributed by atoms with Crippen LogP contribution in [0.3, 0.4) is 0 Å². The largest absolute Gasteiger partial charge is 0.481 e. The molecule has 1 unspecified atom stereocenters. The molecule has 0 saturated heterocycles. The zero-order valence-electron chi connectivity index (χ0n) is 14.4. The van der Waals surface area contributed by atoms with E-state index in [0.717, 1.165) is 11.1 Å². The van der Waals surface area contributed by atoms with Gasteiger partial charge in [-0.2, -0.15) is 0 Å². The molecule has 1 aromatic carbocycles. The Bertz CT molecular complexity index is 640. The third kappa shape index (κ3) is 6.61. The molecule has 0 saturated carbocycles. The zero-order valence-corrected chi connectivity index (χ0v) is 14.4. The number of aliphatic carboxylic acids is 1. The maximum absolute atomic E-state index is 11.8. The molecule has 0 aromatic heterocycles. The molecule has 1 amide bonds. The number of hydrogen-bond acceptors (Lipinski definition) is 4. The summed E-state index contributed by atoms with van der Waals surface area (Å²) < 4.78 is 10.5. The number of carboxylic acids is 1. The van der Waals surface area contributed by atoms with Gasteiger partial charge in [-0.25, -0.2) is 9.59 Å². The number of carbonyl (C=O) groups excluding carboxylic acids is 1. The van der Waals surface area contributed by atoms with Crippen LogP contribution < -0.4 is 10.1 Å². The summed E-state index contributed by atoms with van der Waals surface area (Å²) in [6.07, 6.45) is 4.52. The van der Waals surface area contributed by atoms with Crippen molar-refractivity contribution < 1.29 is 24.2 Å². The monoisotopic (exact) mass is 333 g/mol. The van der Waals surface area contributed by atoms with Crippen molar-refractivity contribution >= 4 is 12.1 Å². The lowest BCUT2D eigenvalue weighted by molar-refractivity contribution is -0.139. The summed E-state index contributed by atoms with van der Waals surface area (Å²) in [6, 6.07) is 4.19. The molecule has 130 valence electrons. The first kappa shape index (κ1) is 19.4. The highest BCUT2D eigenvalue weighted by Crippen LogP contribution is 2.20. The number of rotatable bonds is 6. The Labute approximate surface area is 142 Å². The van der Waals surface area contributed by atoms with E-state index >= 15 is 0 Å². The molecule has 0 aliphatic heterocycles. The van der Waals surface area contributed by atoms with Gasteiger partial charge < -0.3 is 19.9 Å². The molecule has 1 atom stereocenters. The molecule has 0 heterocycles. The predicted molar refractivity (Wildman–Crippen MR) is 90.0 cm³/mol. The summed E-state index contributed by atoms with van der Waals surface area (Å²) in [5.41, 5.74) is 0.896. The van der Waals surface area contributed by atoms with E-state index in [4.69, 9.17) is 15.9 Å². The van der Waals surface area contributed by atoms with Gasteiger partial charge in [0.15, 0.2) is 0 Å². The number of hydrogen-bond donors (Lipinski definition) is 2. The number of terminal acetylenes is 1. The van der Waals surface area contributed by atoms with Crippen LogP contribution >= 0.6 is 0 Å². The fourth-order valence-corrected chi connectivity index (χ4v) is 2.01. The highest BCUT2D eigenvalue weighted by Gasteiger charge is 2.24. The number of amides is 1. The molecular weight excluding hydrogens is 310 g/mol. The van der Waals surface area contributed by atoms with E-state index in [1.54, 1.807) is 39.0 Å². The van der Waals surface area contributed by atoms with Crippen LogP contribution in [0, 0.1) is 19.3 Å². The highest BCUT2D eigenvalue weighted by atomic mass is 16.6. The van der Waals surface area contributed by atoms with Crippen molar-refractivity contribution in [1.82, 2.24) is 5.32 Å². The van der Waals surface area contributed by atoms with Gasteiger partial charge in [0.25, 0.3) is 0 Å². The normalized spacial score (nSPS) is 12.0. The number of ether oxygens (including phenoxy) is 2. The van der Waals surface area contributed by atoms with Crippen LogP contribution in [0.25, 0.3) is 0 Å². The Balaban J connectivity index is 2.79. The summed E-state index contributed by atoms with van der Waals surface area (Å²) in [5, 5.41) is 11.7. The zero-order chi connectivity index (χ0) is 18.3. The van der Waals surface area contributed by atoms with Crippen LogP contribution in [0.2, 0.25) is 0 Å². The van der Waals surface area contributed by atoms with Crippen molar-refractivity contribution in [2.45, 2.75) is 45.8 Å². The fourth-order valence-electron chi connectivity index (χ4n) is 2.01. The molecule has 24 heavy (non-hydrogen) atoms. The third-order valence-electron chi connectivity index (χ3n) is 2.98. The summed E-state index contributed by atoms with van der Waals surface area (Å²) in [5.74, 6) is 1.89. The quantitative estimate of drug-likeness (QED) is 0.782. The lowest BCUT2D eigenvalue weighted by Crippen LogP contribution is -2.44. The topological polar surface area (TPSA) is 84.9 Å². The summed E-state index contributed by atoms with van der Waals surface area (Å²) in [7, 11) is 0. The molecule has 6 heteroatoms. The minimum Gasteiger partial charge on any atom is -0.481 e. The van der Waals surface area contributed by atoms with Crippen molar-refractivity contribution in [3.8, 4) is 18.1 Å². The SMILES string of the molecule is C#CCOc1ccc(CC(NC(=O)OC(C)(C)C)C(=O)O)cc1C. The fraction of sp³-hybridized carbons (Fsp3) is 0.444. The second kappa shape index (κ2) is 8.25. The highest BCUT2D eigenvalue weighted by molar-refractivity contribution is 5.80. The van der Waals surface area contributed by atoms with Gasteiger partial charge in [-0.1, -0.05) is 18.1 Å². The number of benzene rings is 1. The van der Waals surface area contributed by atoms with Crippen LogP contribution in [-0.4, -0.2) is 35.4 Å². The molecule has 0 radical (unpaired) electrons. The van der Waals surface area contributed by atoms with Crippen LogP contribution in [0.15, 0.2) is 18.2 Å². The van der Waals surface area contributed by atoms with Crippen molar-refractivity contribution in [2.24, 2.45) is 0 Å². The molecule has 0 aliphatic carbocycles. The third-order valence-corrected chi connectivity index (χ3v) is 2.98. The molecule has 0 fully saturated rings. The minimum atomic E-state index is -1.13. The maximum atomic E-state index is 11.8. The second-order valence-electron chi connectivity index (χ2n) is 6.33. The Morgan fingerprint density at radius 1 is 1.38 bits per heavy atom. The van der Waals surface area contributed by atoms with Crippen molar-refractivity contribution in [2.75, 3.05) is 6.61 Å². The molecule has 0 spiro atoms. The predicted octanol–water partition coefficient (Wildman–Crippen LogP) is 2.53. The first-order chi connectivity index (χ1) is 11.1. The number of nitrogens with one attached hydrogen (secondary N) is 1. The molecule has 1 aromatic rings. The maximum Gasteiger partial charge on any atom is 0.408 e. The van der Waals surface area contributed by atoms with Gasteiger partial charge in [0.05, 0.1) is 0 Å². The van der Waals surface area contributed by atoms with E-state index in [2.05, 4.69) is 11.2 Å². The molecule has 1 rings (SSSR count). The molecule has 2 N–H and O–H groups in total. The van der Waals surface area contributed by atoms with E-state index in [-0.39, 0.29) is 13.0 Å². The standard InChI is InChI=1S/C18H23NO5/c1-6-9-23-15-8-7-13(10-12(15)2)11-14(16(20)21)19-17(22)24-18(3,4)5/h1,7-8,10,14H,9,11H2,2-5H3,(H,19,22)(H,20,21). The van der Waals surface area contributed by atoms with E-state index in [1.807, 2.05) is 6.92 Å². The van der Waals surface area contributed by atoms with Gasteiger partial charge in [0.2, 0.25) is 0 Å². The van der Waals surface area contributed by atoms with Gasteiger partial charge in [-0.3, -0.25) is 0 Å². The number of aryl methyl sites for hydroxylation is 1. The smallest absolute Gasteiger partial charge is 0.408 e. The lowest BCUT2D eigenvalue weighted by atomic mass is 10.0.